The summed E-state index contributed by atoms with van der Waals surface area (Å²) < 4.78 is 16.1. The van der Waals surface area contributed by atoms with Crippen LogP contribution in [0.3, 0.4) is 0 Å². The normalized spacial score (nSPS) is 15.5. The van der Waals surface area contributed by atoms with Gasteiger partial charge in [-0.15, -0.1) is 0 Å². The van der Waals surface area contributed by atoms with Crippen molar-refractivity contribution in [2.24, 2.45) is 0 Å². The van der Waals surface area contributed by atoms with Crippen molar-refractivity contribution in [3.63, 3.8) is 0 Å². The lowest BCUT2D eigenvalue weighted by Crippen LogP contribution is -2.31. The maximum Gasteiger partial charge on any atom is 0.265 e. The molecule has 0 saturated heterocycles. The highest BCUT2D eigenvalue weighted by Gasteiger charge is 2.29. The second kappa shape index (κ2) is 6.38. The molecule has 0 bridgehead atoms. The lowest BCUT2D eigenvalue weighted by atomic mass is 10.1. The molecule has 6 heteroatoms. The van der Waals surface area contributed by atoms with Gasteiger partial charge < -0.3 is 19.5 Å². The summed E-state index contributed by atoms with van der Waals surface area (Å²) in [5.41, 5.74) is 1.55. The number of halogens is 1. The molecule has 0 fully saturated rings. The number of carbonyl (C=O) groups excluding carboxylic acids is 1. The van der Waals surface area contributed by atoms with Crippen LogP contribution in [0.1, 0.15) is 5.56 Å². The van der Waals surface area contributed by atoms with Crippen LogP contribution in [-0.4, -0.2) is 26.2 Å². The number of ether oxygens (including phenoxy) is 3. The smallest absolute Gasteiger partial charge is 0.265 e. The molecule has 5 nitrogen and oxygen atoms in total. The third-order valence-corrected chi connectivity index (χ3v) is 3.88. The molecular weight excluding hydrogens is 318 g/mol. The largest absolute Gasteiger partial charge is 0.493 e. The molecule has 0 unspecified atom stereocenters. The van der Waals surface area contributed by atoms with Gasteiger partial charge in [-0.1, -0.05) is 11.6 Å². The Hall–Kier alpha value is -2.40. The number of rotatable bonds is 4. The summed E-state index contributed by atoms with van der Waals surface area (Å²) in [6.07, 6.45) is -0.0776. The molecular formula is C17H16ClNO4. The zero-order valence-electron chi connectivity index (χ0n) is 12.8. The van der Waals surface area contributed by atoms with Gasteiger partial charge in [-0.05, 0) is 35.9 Å². The minimum absolute atomic E-state index is 0.218. The Morgan fingerprint density at radius 3 is 2.70 bits per heavy atom. The van der Waals surface area contributed by atoms with Crippen molar-refractivity contribution in [3.05, 3.63) is 47.0 Å². The summed E-state index contributed by atoms with van der Waals surface area (Å²) in [6.45, 7) is 0. The SMILES string of the molecule is COc1ccc(NC(=O)[C@H]2Cc3cc(Cl)ccc3O2)cc1OC. The number of hydrogen-bond donors (Lipinski definition) is 1. The average molecular weight is 334 g/mol. The Morgan fingerprint density at radius 1 is 1.17 bits per heavy atom. The number of carbonyl (C=O) groups is 1. The van der Waals surface area contributed by atoms with Gasteiger partial charge in [0.2, 0.25) is 0 Å². The fraction of sp³-hybridized carbons (Fsp3) is 0.235. The van der Waals surface area contributed by atoms with E-state index in [1.54, 1.807) is 44.6 Å². The molecule has 0 saturated carbocycles. The van der Waals surface area contributed by atoms with E-state index in [2.05, 4.69) is 5.32 Å². The molecule has 120 valence electrons. The quantitative estimate of drug-likeness (QED) is 0.932. The summed E-state index contributed by atoms with van der Waals surface area (Å²) in [7, 11) is 3.11. The van der Waals surface area contributed by atoms with Gasteiger partial charge in [0.25, 0.3) is 5.91 Å². The summed E-state index contributed by atoms with van der Waals surface area (Å²) in [5.74, 6) is 1.63. The topological polar surface area (TPSA) is 56.8 Å². The van der Waals surface area contributed by atoms with E-state index in [1.165, 1.54) is 0 Å². The molecule has 2 aromatic rings. The van der Waals surface area contributed by atoms with E-state index in [9.17, 15) is 4.79 Å². The predicted octanol–water partition coefficient (Wildman–Crippen LogP) is 3.30. The fourth-order valence-electron chi connectivity index (χ4n) is 2.50. The van der Waals surface area contributed by atoms with Gasteiger partial charge in [0, 0.05) is 23.2 Å². The van der Waals surface area contributed by atoms with Crippen LogP contribution >= 0.6 is 11.6 Å². The zero-order chi connectivity index (χ0) is 16.4. The number of hydrogen-bond acceptors (Lipinski definition) is 4. The van der Waals surface area contributed by atoms with E-state index in [1.807, 2.05) is 6.07 Å². The van der Waals surface area contributed by atoms with E-state index in [4.69, 9.17) is 25.8 Å². The molecule has 0 aromatic heterocycles. The highest BCUT2D eigenvalue weighted by Crippen LogP contribution is 2.33. The van der Waals surface area contributed by atoms with E-state index in [0.29, 0.717) is 34.4 Å². The van der Waals surface area contributed by atoms with E-state index in [0.717, 1.165) is 5.56 Å². The third-order valence-electron chi connectivity index (χ3n) is 3.64. The van der Waals surface area contributed by atoms with Gasteiger partial charge in [0.15, 0.2) is 17.6 Å². The fourth-order valence-corrected chi connectivity index (χ4v) is 2.69. The van der Waals surface area contributed by atoms with Crippen molar-refractivity contribution in [3.8, 4) is 17.2 Å². The van der Waals surface area contributed by atoms with Crippen LogP contribution in [0.15, 0.2) is 36.4 Å². The number of nitrogens with one attached hydrogen (secondary N) is 1. The number of fused-ring (bicyclic) bond motifs is 1. The minimum atomic E-state index is -0.573. The maximum absolute atomic E-state index is 12.4. The molecule has 3 rings (SSSR count). The van der Waals surface area contributed by atoms with Gasteiger partial charge in [-0.25, -0.2) is 0 Å². The Kier molecular flexibility index (Phi) is 4.30. The van der Waals surface area contributed by atoms with Crippen molar-refractivity contribution >= 4 is 23.2 Å². The first-order valence-electron chi connectivity index (χ1n) is 7.08. The lowest BCUT2D eigenvalue weighted by Gasteiger charge is -2.13. The second-order valence-electron chi connectivity index (χ2n) is 5.12. The van der Waals surface area contributed by atoms with Gasteiger partial charge in [0.1, 0.15) is 5.75 Å². The Bertz CT molecular complexity index is 747. The van der Waals surface area contributed by atoms with Gasteiger partial charge in [-0.3, -0.25) is 4.79 Å². The van der Waals surface area contributed by atoms with Gasteiger partial charge in [0.05, 0.1) is 14.2 Å². The Balaban J connectivity index is 1.71. The van der Waals surface area contributed by atoms with E-state index < -0.39 is 6.10 Å². The molecule has 1 amide bonds. The zero-order valence-corrected chi connectivity index (χ0v) is 13.5. The highest BCUT2D eigenvalue weighted by molar-refractivity contribution is 6.30. The van der Waals surface area contributed by atoms with Crippen molar-refractivity contribution in [2.45, 2.75) is 12.5 Å². The van der Waals surface area contributed by atoms with Crippen molar-refractivity contribution < 1.29 is 19.0 Å². The maximum atomic E-state index is 12.4. The van der Waals surface area contributed by atoms with E-state index in [-0.39, 0.29) is 5.91 Å². The molecule has 1 aliphatic heterocycles. The van der Waals surface area contributed by atoms with Crippen molar-refractivity contribution in [1.82, 2.24) is 0 Å². The molecule has 2 aromatic carbocycles. The predicted molar refractivity (Wildman–Crippen MR) is 87.7 cm³/mol. The first-order chi connectivity index (χ1) is 11.1. The van der Waals surface area contributed by atoms with Gasteiger partial charge >= 0.3 is 0 Å². The molecule has 0 aliphatic carbocycles. The van der Waals surface area contributed by atoms with Crippen LogP contribution in [0.25, 0.3) is 0 Å². The minimum Gasteiger partial charge on any atom is -0.493 e. The second-order valence-corrected chi connectivity index (χ2v) is 5.56. The molecule has 1 aliphatic rings. The molecule has 1 heterocycles. The van der Waals surface area contributed by atoms with E-state index >= 15 is 0 Å². The molecule has 1 atom stereocenters. The summed E-state index contributed by atoms with van der Waals surface area (Å²) >= 11 is 5.96. The van der Waals surface area contributed by atoms with Crippen LogP contribution in [0.5, 0.6) is 17.2 Å². The third kappa shape index (κ3) is 3.19. The molecule has 23 heavy (non-hydrogen) atoms. The van der Waals surface area contributed by atoms with Crippen molar-refractivity contribution in [1.29, 1.82) is 0 Å². The number of anilines is 1. The lowest BCUT2D eigenvalue weighted by molar-refractivity contribution is -0.122. The summed E-state index contributed by atoms with van der Waals surface area (Å²) in [4.78, 5) is 12.4. The number of amides is 1. The van der Waals surface area contributed by atoms with Crippen LogP contribution < -0.4 is 19.5 Å². The Labute approximate surface area is 139 Å². The average Bonchev–Trinajstić information content (AvgIpc) is 2.97. The monoisotopic (exact) mass is 333 g/mol. The first-order valence-corrected chi connectivity index (χ1v) is 7.46. The molecule has 1 N–H and O–H groups in total. The number of benzene rings is 2. The molecule has 0 radical (unpaired) electrons. The van der Waals surface area contributed by atoms with Crippen LogP contribution in [-0.2, 0) is 11.2 Å². The molecule has 0 spiro atoms. The van der Waals surface area contributed by atoms with Crippen molar-refractivity contribution in [2.75, 3.05) is 19.5 Å². The van der Waals surface area contributed by atoms with Crippen LogP contribution in [0.4, 0.5) is 5.69 Å². The van der Waals surface area contributed by atoms with Gasteiger partial charge in [-0.2, -0.15) is 0 Å². The highest BCUT2D eigenvalue weighted by atomic mass is 35.5. The summed E-state index contributed by atoms with van der Waals surface area (Å²) in [6, 6.07) is 10.5. The van der Waals surface area contributed by atoms with Crippen LogP contribution in [0.2, 0.25) is 5.02 Å². The number of methoxy groups -OCH3 is 2. The summed E-state index contributed by atoms with van der Waals surface area (Å²) in [5, 5.41) is 3.46. The standard InChI is InChI=1S/C17H16ClNO4/c1-21-14-6-4-12(9-15(14)22-2)19-17(20)16-8-10-7-11(18)3-5-13(10)23-16/h3-7,9,16H,8H2,1-2H3,(H,19,20)/t16-/m1/s1. The Morgan fingerprint density at radius 2 is 1.96 bits per heavy atom. The van der Waals surface area contributed by atoms with Crippen LogP contribution in [0, 0.1) is 0 Å². The first kappa shape index (κ1) is 15.5.